The first-order chi connectivity index (χ1) is 55.3. The predicted molar refractivity (Wildman–Crippen MR) is 471 cm³/mol. The van der Waals surface area contributed by atoms with Crippen LogP contribution in [0.2, 0.25) is 0 Å². The molecule has 6 atom stereocenters. The fourth-order valence-corrected chi connectivity index (χ4v) is 23.0. The molecule has 3 aromatic heterocycles. The van der Waals surface area contributed by atoms with E-state index >= 15 is 0 Å². The summed E-state index contributed by atoms with van der Waals surface area (Å²) < 4.78 is 52.4. The zero-order chi connectivity index (χ0) is 74.2. The van der Waals surface area contributed by atoms with Crippen LogP contribution in [-0.4, -0.2) is 6.04 Å². The first-order valence-electron chi connectivity index (χ1n) is 38.5. The van der Waals surface area contributed by atoms with Gasteiger partial charge >= 0.3 is 24.5 Å². The molecule has 12 heteroatoms. The van der Waals surface area contributed by atoms with Gasteiger partial charge in [-0.05, 0) is 227 Å². The third-order valence-electron chi connectivity index (χ3n) is 23.4. The van der Waals surface area contributed by atoms with Crippen LogP contribution in [-0.2, 0) is 6.42 Å². The molecule has 2 aliphatic heterocycles. The molecule has 0 radical (unpaired) electrons. The van der Waals surface area contributed by atoms with Gasteiger partial charge in [0.05, 0.1) is 17.1 Å². The van der Waals surface area contributed by atoms with Crippen molar-refractivity contribution in [2.24, 2.45) is 0 Å². The Hall–Kier alpha value is -12.7. The lowest BCUT2D eigenvalue weighted by atomic mass is 9.89. The number of anilines is 3. The molecule has 0 saturated heterocycles. The van der Waals surface area contributed by atoms with Crippen LogP contribution in [0, 0.1) is 0 Å². The van der Waals surface area contributed by atoms with E-state index in [0.29, 0.717) is 0 Å². The molecule has 0 aliphatic carbocycles. The molecular weight excluding hydrogens is 1430 g/mol. The fraction of sp³-hybridized carbons (Fsp3) is 0.0800. The largest absolute Gasteiger partial charge is 0.408 e. The van der Waals surface area contributed by atoms with Gasteiger partial charge in [0.25, 0.3) is 0 Å². The summed E-state index contributed by atoms with van der Waals surface area (Å²) in [6, 6.07) is 118. The highest BCUT2D eigenvalue weighted by molar-refractivity contribution is 7.40. The topological polar surface area (TPSA) is 88.6 Å². The third kappa shape index (κ3) is 10.7. The number of nitrogens with zero attached hydrogens (tertiary/aromatic N) is 3. The van der Waals surface area contributed by atoms with E-state index < -0.39 is 24.5 Å². The molecule has 9 nitrogen and oxygen atoms in total. The van der Waals surface area contributed by atoms with E-state index in [4.69, 9.17) is 25.2 Å². The lowest BCUT2D eigenvalue weighted by Crippen LogP contribution is -2.30. The minimum atomic E-state index is -1.88. The number of benzene rings is 17. The van der Waals surface area contributed by atoms with Gasteiger partial charge in [0, 0.05) is 50.4 Å². The van der Waals surface area contributed by atoms with Crippen molar-refractivity contribution in [3.05, 3.63) is 355 Å². The maximum atomic E-state index is 7.78. The Morgan fingerprint density at radius 2 is 0.643 bits per heavy atom. The summed E-state index contributed by atoms with van der Waals surface area (Å²) >= 11 is 0. The Kier molecular flexibility index (Phi) is 15.9. The van der Waals surface area contributed by atoms with Gasteiger partial charge in [-0.1, -0.05) is 261 Å². The van der Waals surface area contributed by atoms with E-state index in [9.17, 15) is 0 Å². The second-order valence-corrected chi connectivity index (χ2v) is 33.4. The van der Waals surface area contributed by atoms with Crippen molar-refractivity contribution in [3.63, 3.8) is 0 Å². The van der Waals surface area contributed by atoms with Gasteiger partial charge in [0.2, 0.25) is 0 Å². The Morgan fingerprint density at radius 1 is 0.304 bits per heavy atom. The van der Waals surface area contributed by atoms with E-state index in [-0.39, 0.29) is 18.1 Å². The quantitative estimate of drug-likeness (QED) is 0.140. The molecule has 538 valence electrons. The van der Waals surface area contributed by atoms with Crippen molar-refractivity contribution in [2.75, 3.05) is 14.0 Å². The number of fused-ring (bicyclic) bond motifs is 24. The van der Waals surface area contributed by atoms with Gasteiger partial charge in [-0.2, -0.15) is 4.67 Å². The lowest BCUT2D eigenvalue weighted by molar-refractivity contribution is 0.558. The molecule has 5 heterocycles. The normalized spacial score (nSPS) is 14.6. The van der Waals surface area contributed by atoms with Crippen LogP contribution in [0.25, 0.3) is 165 Å². The number of rotatable bonds is 9. The Bertz CT molecular complexity index is 7370. The molecule has 0 saturated carbocycles. The maximum Gasteiger partial charge on any atom is 0.346 e. The van der Waals surface area contributed by atoms with Crippen molar-refractivity contribution in [1.82, 2.24) is 0 Å². The molecule has 22 rings (SSSR count). The molecule has 0 spiro atoms. The summed E-state index contributed by atoms with van der Waals surface area (Å²) in [5.74, 6) is 0. The van der Waals surface area contributed by atoms with Crippen molar-refractivity contribution < 1.29 is 25.2 Å². The Balaban J connectivity index is 0.794. The summed E-state index contributed by atoms with van der Waals surface area (Å²) in [6.07, 6.45) is 6.39. The van der Waals surface area contributed by atoms with Crippen LogP contribution >= 0.6 is 24.5 Å². The molecule has 0 bridgehead atoms. The molecule has 3 unspecified atom stereocenters. The third-order valence-corrected chi connectivity index (χ3v) is 28.3. The minimum Gasteiger partial charge on any atom is -0.408 e. The highest BCUT2D eigenvalue weighted by Gasteiger charge is 2.33. The van der Waals surface area contributed by atoms with Gasteiger partial charge in [-0.25, -0.2) is 4.67 Å². The molecule has 0 N–H and O–H groups in total. The first-order valence-corrected chi connectivity index (χ1v) is 41.9. The SMILES string of the molecule is C[C@H]1CCc2ccccc2N1p1oc2ccc3ccccc3c2c2c(ccc3c(-c4cccc5c4ccc4op(N([C@@H](C)c6ccccc6)[C@@H](C)c6ccccc6)oc6ccc7c(-c8cccc9c8ccc8op(N%10c%11ccccc%11C=Cc%11ccccc%11%10)oc%10ccc%11ccccc%11c%10c89)cccc7c6c45)cccc32)o1. The average molecular weight is 1500 g/mol. The van der Waals surface area contributed by atoms with E-state index in [0.717, 1.165) is 199 Å². The van der Waals surface area contributed by atoms with Crippen molar-refractivity contribution in [2.45, 2.75) is 51.7 Å². The molecule has 20 aromatic rings. The summed E-state index contributed by atoms with van der Waals surface area (Å²) in [7, 11) is -5.36. The number of hydrogen-bond donors (Lipinski definition) is 0. The second-order valence-electron chi connectivity index (χ2n) is 29.6. The van der Waals surface area contributed by atoms with Crippen LogP contribution in [0.15, 0.2) is 353 Å². The monoisotopic (exact) mass is 1500 g/mol. The molecule has 2 aliphatic rings. The molecule has 17 aromatic carbocycles. The van der Waals surface area contributed by atoms with Crippen molar-refractivity contribution in [3.8, 4) is 22.3 Å². The highest BCUT2D eigenvalue weighted by Crippen LogP contribution is 2.55. The summed E-state index contributed by atoms with van der Waals surface area (Å²) in [4.78, 5) is 0. The van der Waals surface area contributed by atoms with E-state index in [1.54, 1.807) is 0 Å². The summed E-state index contributed by atoms with van der Waals surface area (Å²) in [6.45, 7) is 6.86. The van der Waals surface area contributed by atoms with Gasteiger partial charge in [-0.15, -0.1) is 0 Å². The Morgan fingerprint density at radius 3 is 1.08 bits per heavy atom. The van der Waals surface area contributed by atoms with Crippen LogP contribution in [0.1, 0.15) is 67.1 Å². The number of hydrogen-bond acceptors (Lipinski definition) is 9. The maximum absolute atomic E-state index is 7.78. The smallest absolute Gasteiger partial charge is 0.346 e. The zero-order valence-corrected chi connectivity index (χ0v) is 64.3. The molecular formula is C100H72N3O6P3. The van der Waals surface area contributed by atoms with E-state index in [2.05, 4.69) is 375 Å². The molecule has 112 heavy (non-hydrogen) atoms. The van der Waals surface area contributed by atoms with Gasteiger partial charge < -0.3 is 25.2 Å². The van der Waals surface area contributed by atoms with Gasteiger partial charge in [0.15, 0.2) is 0 Å². The van der Waals surface area contributed by atoms with E-state index in [1.165, 1.54) is 11.3 Å². The summed E-state index contributed by atoms with van der Waals surface area (Å²) in [5.41, 5.74) is 17.9. The predicted octanol–water partition coefficient (Wildman–Crippen LogP) is 30.9. The standard InChI is InChI=1S/C100H72N3O6P3/c1-62-46-47-69-30-12-17-43-86(69)101(62)110-104-89-56-50-67-28-10-15-33-72(67)95(89)97-82-39-20-35-74(78(82)52-58-91(97)105-110)76-37-22-41-84-80(76)54-60-93-99(84)100-85-42-23-38-77(81(85)55-61-94(100)107-111(106-93)102(63(2)65-24-6-4-7-25-65)64(3)66-26-8-5-9-27-66)75-36-21-40-83-79(75)53-59-92-98(83)96-73-34-16-11-29-68(73)51-57-90(96)108-112(109-92)103-87-44-18-13-31-70(87)48-49-71-32-14-19-45-88(71)103/h4-45,48-64H,46-47H2,1-3H3/t62-,63-,64-,110?,111?,112?/m0/s1. The van der Waals surface area contributed by atoms with Gasteiger partial charge in [-0.3, -0.25) is 4.67 Å². The summed E-state index contributed by atoms with van der Waals surface area (Å²) in [5, 5.41) is 18.9. The first kappa shape index (κ1) is 66.3. The second kappa shape index (κ2) is 26.8. The minimum absolute atomic E-state index is 0.123. The van der Waals surface area contributed by atoms with Crippen LogP contribution in [0.3, 0.4) is 0 Å². The lowest BCUT2D eigenvalue weighted by Gasteiger charge is -2.33. The van der Waals surface area contributed by atoms with Crippen molar-refractivity contribution in [1.29, 1.82) is 0 Å². The van der Waals surface area contributed by atoms with Crippen LogP contribution in [0.5, 0.6) is 0 Å². The van der Waals surface area contributed by atoms with Gasteiger partial charge in [0.1, 0.15) is 33.5 Å². The van der Waals surface area contributed by atoms with Crippen LogP contribution in [0.4, 0.5) is 17.1 Å². The van der Waals surface area contributed by atoms with Crippen LogP contribution < -0.4 is 14.0 Å². The molecule has 0 amide bonds. The Labute approximate surface area is 648 Å². The average Bonchev–Trinajstić information content (AvgIpc) is 1.24. The molecule has 0 fully saturated rings. The van der Waals surface area contributed by atoms with E-state index in [1.807, 2.05) is 0 Å². The number of para-hydroxylation sites is 3. The highest BCUT2D eigenvalue weighted by atomic mass is 31.1. The zero-order valence-electron chi connectivity index (χ0n) is 61.6. The van der Waals surface area contributed by atoms with Crippen molar-refractivity contribution >= 4 is 184 Å². The number of aryl methyl sites for hydroxylation is 1. The fourth-order valence-electron chi connectivity index (χ4n) is 18.1.